The average molecular weight is 263 g/mol. The summed E-state index contributed by atoms with van der Waals surface area (Å²) in [5.74, 6) is 0.0448. The lowest BCUT2D eigenvalue weighted by molar-refractivity contribution is 0.0787. The largest absolute Gasteiger partial charge is 0.385 e. The van der Waals surface area contributed by atoms with E-state index in [4.69, 9.17) is 4.74 Å². The fraction of sp³-hybridized carbons (Fsp3) is 0.571. The standard InChI is InChI=1S/C14H21N3O2/c1-19-10-4-7-15-12-5-6-13(16-11-12)14(18)17-8-2-3-9-17/h5-6,11,15H,2-4,7-10H2,1H3. The van der Waals surface area contributed by atoms with Gasteiger partial charge in [-0.3, -0.25) is 4.79 Å². The van der Waals surface area contributed by atoms with Crippen molar-refractivity contribution >= 4 is 11.6 Å². The van der Waals surface area contributed by atoms with Crippen molar-refractivity contribution in [2.75, 3.05) is 38.7 Å². The molecule has 5 nitrogen and oxygen atoms in total. The van der Waals surface area contributed by atoms with E-state index in [1.54, 1.807) is 19.4 Å². The molecule has 0 spiro atoms. The van der Waals surface area contributed by atoms with E-state index >= 15 is 0 Å². The van der Waals surface area contributed by atoms with Crippen LogP contribution in [0.3, 0.4) is 0 Å². The minimum Gasteiger partial charge on any atom is -0.385 e. The first-order chi connectivity index (χ1) is 9.31. The van der Waals surface area contributed by atoms with Crippen LogP contribution in [0.5, 0.6) is 0 Å². The molecule has 1 aliphatic rings. The molecule has 0 unspecified atom stereocenters. The molecule has 1 N–H and O–H groups in total. The summed E-state index contributed by atoms with van der Waals surface area (Å²) in [6.07, 6.45) is 4.87. The summed E-state index contributed by atoms with van der Waals surface area (Å²) in [5.41, 5.74) is 1.47. The van der Waals surface area contributed by atoms with Crippen molar-refractivity contribution in [2.24, 2.45) is 0 Å². The summed E-state index contributed by atoms with van der Waals surface area (Å²) in [6.45, 7) is 3.30. The maximum atomic E-state index is 12.1. The number of anilines is 1. The molecule has 0 saturated carbocycles. The number of pyridine rings is 1. The Balaban J connectivity index is 1.85. The molecule has 2 heterocycles. The maximum Gasteiger partial charge on any atom is 0.272 e. The molecule has 0 atom stereocenters. The molecule has 1 aromatic rings. The van der Waals surface area contributed by atoms with Gasteiger partial charge in [-0.05, 0) is 31.4 Å². The van der Waals surface area contributed by atoms with Crippen LogP contribution in [0.4, 0.5) is 5.69 Å². The van der Waals surface area contributed by atoms with Crippen LogP contribution in [0.2, 0.25) is 0 Å². The van der Waals surface area contributed by atoms with E-state index in [2.05, 4.69) is 10.3 Å². The van der Waals surface area contributed by atoms with E-state index in [-0.39, 0.29) is 5.91 Å². The zero-order chi connectivity index (χ0) is 13.5. The van der Waals surface area contributed by atoms with Crippen LogP contribution in [-0.2, 0) is 4.74 Å². The summed E-state index contributed by atoms with van der Waals surface area (Å²) in [7, 11) is 1.69. The Morgan fingerprint density at radius 2 is 2.21 bits per heavy atom. The molecule has 0 aliphatic carbocycles. The third kappa shape index (κ3) is 3.92. The fourth-order valence-electron chi connectivity index (χ4n) is 2.16. The molecular weight excluding hydrogens is 242 g/mol. The van der Waals surface area contributed by atoms with Crippen molar-refractivity contribution in [3.8, 4) is 0 Å². The minimum atomic E-state index is 0.0448. The second-order valence-corrected chi connectivity index (χ2v) is 4.70. The number of amides is 1. The van der Waals surface area contributed by atoms with Gasteiger partial charge < -0.3 is 15.0 Å². The molecule has 0 bridgehead atoms. The number of rotatable bonds is 6. The van der Waals surface area contributed by atoms with E-state index in [0.29, 0.717) is 5.69 Å². The van der Waals surface area contributed by atoms with Gasteiger partial charge in [0.2, 0.25) is 0 Å². The molecule has 1 fully saturated rings. The van der Waals surface area contributed by atoms with Gasteiger partial charge in [-0.15, -0.1) is 0 Å². The Hall–Kier alpha value is -1.62. The third-order valence-electron chi connectivity index (χ3n) is 3.23. The lowest BCUT2D eigenvalue weighted by atomic mass is 10.3. The number of nitrogens with one attached hydrogen (secondary N) is 1. The normalized spacial score (nSPS) is 14.7. The Bertz CT molecular complexity index is 400. The molecule has 1 saturated heterocycles. The van der Waals surface area contributed by atoms with Crippen LogP contribution in [-0.4, -0.2) is 49.1 Å². The zero-order valence-corrected chi connectivity index (χ0v) is 11.4. The Kier molecular flexibility index (Phi) is 5.15. The first-order valence-corrected chi connectivity index (χ1v) is 6.79. The van der Waals surface area contributed by atoms with Gasteiger partial charge in [0.1, 0.15) is 5.69 Å². The van der Waals surface area contributed by atoms with Gasteiger partial charge in [-0.2, -0.15) is 0 Å². The van der Waals surface area contributed by atoms with Crippen molar-refractivity contribution in [1.29, 1.82) is 0 Å². The molecule has 1 amide bonds. The number of nitrogens with zero attached hydrogens (tertiary/aromatic N) is 2. The fourth-order valence-corrected chi connectivity index (χ4v) is 2.16. The number of methoxy groups -OCH3 is 1. The van der Waals surface area contributed by atoms with Gasteiger partial charge in [-0.1, -0.05) is 0 Å². The van der Waals surface area contributed by atoms with Gasteiger partial charge in [0, 0.05) is 33.4 Å². The van der Waals surface area contributed by atoms with Crippen molar-refractivity contribution in [2.45, 2.75) is 19.3 Å². The van der Waals surface area contributed by atoms with Crippen LogP contribution >= 0.6 is 0 Å². The number of hydrogen-bond acceptors (Lipinski definition) is 4. The Labute approximate surface area is 114 Å². The number of ether oxygens (including phenoxy) is 1. The summed E-state index contributed by atoms with van der Waals surface area (Å²) >= 11 is 0. The monoisotopic (exact) mass is 263 g/mol. The topological polar surface area (TPSA) is 54.5 Å². The summed E-state index contributed by atoms with van der Waals surface area (Å²) in [4.78, 5) is 18.2. The van der Waals surface area contributed by atoms with Crippen LogP contribution < -0.4 is 5.32 Å². The van der Waals surface area contributed by atoms with Gasteiger partial charge in [0.15, 0.2) is 0 Å². The van der Waals surface area contributed by atoms with Gasteiger partial charge in [-0.25, -0.2) is 4.98 Å². The number of carbonyl (C=O) groups is 1. The molecule has 2 rings (SSSR count). The quantitative estimate of drug-likeness (QED) is 0.795. The minimum absolute atomic E-state index is 0.0448. The number of aromatic nitrogens is 1. The predicted molar refractivity (Wildman–Crippen MR) is 74.4 cm³/mol. The van der Waals surface area contributed by atoms with Gasteiger partial charge in [0.25, 0.3) is 5.91 Å². The van der Waals surface area contributed by atoms with Crippen LogP contribution in [0.15, 0.2) is 18.3 Å². The number of hydrogen-bond donors (Lipinski definition) is 1. The number of likely N-dealkylation sites (tertiary alicyclic amines) is 1. The second kappa shape index (κ2) is 7.09. The lowest BCUT2D eigenvalue weighted by Gasteiger charge is -2.14. The van der Waals surface area contributed by atoms with Gasteiger partial charge in [0.05, 0.1) is 11.9 Å². The van der Waals surface area contributed by atoms with E-state index in [0.717, 1.165) is 51.2 Å². The molecule has 104 valence electrons. The summed E-state index contributed by atoms with van der Waals surface area (Å²) in [6, 6.07) is 3.70. The molecule has 19 heavy (non-hydrogen) atoms. The smallest absolute Gasteiger partial charge is 0.272 e. The SMILES string of the molecule is COCCCNc1ccc(C(=O)N2CCCC2)nc1. The Morgan fingerprint density at radius 1 is 1.42 bits per heavy atom. The van der Waals surface area contributed by atoms with Crippen molar-refractivity contribution in [3.05, 3.63) is 24.0 Å². The third-order valence-corrected chi connectivity index (χ3v) is 3.23. The zero-order valence-electron chi connectivity index (χ0n) is 11.4. The van der Waals surface area contributed by atoms with E-state index < -0.39 is 0 Å². The Morgan fingerprint density at radius 3 is 2.84 bits per heavy atom. The molecule has 5 heteroatoms. The first kappa shape index (κ1) is 13.8. The van der Waals surface area contributed by atoms with E-state index in [1.807, 2.05) is 11.0 Å². The van der Waals surface area contributed by atoms with Crippen molar-refractivity contribution in [1.82, 2.24) is 9.88 Å². The second-order valence-electron chi connectivity index (χ2n) is 4.70. The average Bonchev–Trinajstić information content (AvgIpc) is 2.98. The van der Waals surface area contributed by atoms with Crippen LogP contribution in [0, 0.1) is 0 Å². The molecule has 1 aliphatic heterocycles. The van der Waals surface area contributed by atoms with Crippen LogP contribution in [0.1, 0.15) is 29.8 Å². The highest BCUT2D eigenvalue weighted by molar-refractivity contribution is 5.92. The van der Waals surface area contributed by atoms with Crippen molar-refractivity contribution < 1.29 is 9.53 Å². The van der Waals surface area contributed by atoms with Gasteiger partial charge >= 0.3 is 0 Å². The van der Waals surface area contributed by atoms with E-state index in [9.17, 15) is 4.79 Å². The highest BCUT2D eigenvalue weighted by Gasteiger charge is 2.20. The molecule has 0 radical (unpaired) electrons. The molecular formula is C14H21N3O2. The molecule has 1 aromatic heterocycles. The highest BCUT2D eigenvalue weighted by Crippen LogP contribution is 2.13. The van der Waals surface area contributed by atoms with Crippen molar-refractivity contribution in [3.63, 3.8) is 0 Å². The lowest BCUT2D eigenvalue weighted by Crippen LogP contribution is -2.28. The predicted octanol–water partition coefficient (Wildman–Crippen LogP) is 1.77. The van der Waals surface area contributed by atoms with Crippen LogP contribution in [0.25, 0.3) is 0 Å². The van der Waals surface area contributed by atoms with E-state index in [1.165, 1.54) is 0 Å². The number of carbonyl (C=O) groups excluding carboxylic acids is 1. The highest BCUT2D eigenvalue weighted by atomic mass is 16.5. The maximum absolute atomic E-state index is 12.1. The first-order valence-electron chi connectivity index (χ1n) is 6.79. The summed E-state index contributed by atoms with van der Waals surface area (Å²) in [5, 5.41) is 3.25. The molecule has 0 aromatic carbocycles. The summed E-state index contributed by atoms with van der Waals surface area (Å²) < 4.78 is 4.98.